The molecule has 0 atom stereocenters. The van der Waals surface area contributed by atoms with E-state index >= 15 is 0 Å². The lowest BCUT2D eigenvalue weighted by atomic mass is 9.97. The van der Waals surface area contributed by atoms with Gasteiger partial charge in [0.15, 0.2) is 0 Å². The molecule has 7 heteroatoms. The van der Waals surface area contributed by atoms with Crippen molar-refractivity contribution in [3.05, 3.63) is 62.8 Å². The van der Waals surface area contributed by atoms with E-state index in [2.05, 4.69) is 10.6 Å². The van der Waals surface area contributed by atoms with Gasteiger partial charge in [-0.15, -0.1) is 0 Å². The summed E-state index contributed by atoms with van der Waals surface area (Å²) in [6.07, 6.45) is 2.12. The molecule has 2 aromatic carbocycles. The molecular formula is C24H27Cl2N3O2. The number of nitrogen functional groups attached to an aromatic ring is 1. The first-order valence-corrected chi connectivity index (χ1v) is 11.3. The van der Waals surface area contributed by atoms with Crippen LogP contribution in [0.3, 0.4) is 0 Å². The number of rotatable bonds is 4. The molecule has 1 aromatic heterocycles. The van der Waals surface area contributed by atoms with E-state index < -0.39 is 0 Å². The van der Waals surface area contributed by atoms with Crippen molar-refractivity contribution in [1.29, 1.82) is 0 Å². The maximum absolute atomic E-state index is 13.1. The Labute approximate surface area is 192 Å². The quantitative estimate of drug-likeness (QED) is 0.549. The molecule has 1 saturated heterocycles. The van der Waals surface area contributed by atoms with Gasteiger partial charge in [-0.2, -0.15) is 0 Å². The van der Waals surface area contributed by atoms with E-state index in [1.165, 1.54) is 0 Å². The Morgan fingerprint density at radius 3 is 2.58 bits per heavy atom. The molecule has 1 amide bonds. The van der Waals surface area contributed by atoms with Gasteiger partial charge in [0, 0.05) is 55.0 Å². The molecule has 31 heavy (non-hydrogen) atoms. The Balaban J connectivity index is 1.66. The lowest BCUT2D eigenvalue weighted by molar-refractivity contribution is 0.0651. The van der Waals surface area contributed by atoms with Crippen molar-refractivity contribution in [2.45, 2.75) is 26.2 Å². The van der Waals surface area contributed by atoms with Crippen LogP contribution >= 0.6 is 23.2 Å². The monoisotopic (exact) mass is 459 g/mol. The van der Waals surface area contributed by atoms with Gasteiger partial charge < -0.3 is 20.3 Å². The molecule has 3 aromatic rings. The van der Waals surface area contributed by atoms with Crippen molar-refractivity contribution in [1.82, 2.24) is 9.47 Å². The van der Waals surface area contributed by atoms with Crippen molar-refractivity contribution >= 4 is 45.7 Å². The van der Waals surface area contributed by atoms with Gasteiger partial charge in [-0.05, 0) is 67.1 Å². The van der Waals surface area contributed by atoms with E-state index in [9.17, 15) is 9.90 Å². The van der Waals surface area contributed by atoms with Crippen LogP contribution in [0.15, 0.2) is 30.3 Å². The molecule has 0 unspecified atom stereocenters. The van der Waals surface area contributed by atoms with E-state index in [1.54, 1.807) is 12.1 Å². The summed E-state index contributed by atoms with van der Waals surface area (Å²) < 4.78 is 2.10. The third-order valence-corrected chi connectivity index (χ3v) is 7.21. The number of carbonyl (C=O) groups excluding carboxylic acids is 1. The van der Waals surface area contributed by atoms with E-state index in [1.807, 2.05) is 31.0 Å². The van der Waals surface area contributed by atoms with Crippen LogP contribution in [-0.4, -0.2) is 40.2 Å². The van der Waals surface area contributed by atoms with Gasteiger partial charge >= 0.3 is 0 Å². The molecule has 0 aliphatic carbocycles. The third-order valence-electron chi connectivity index (χ3n) is 6.42. The number of aliphatic hydroxyl groups excluding tert-OH is 1. The second-order valence-corrected chi connectivity index (χ2v) is 9.23. The highest BCUT2D eigenvalue weighted by Gasteiger charge is 2.26. The van der Waals surface area contributed by atoms with Crippen LogP contribution in [0, 0.1) is 12.8 Å². The third kappa shape index (κ3) is 4.14. The van der Waals surface area contributed by atoms with E-state index in [4.69, 9.17) is 28.9 Å². The minimum Gasteiger partial charge on any atom is -0.399 e. The van der Waals surface area contributed by atoms with Gasteiger partial charge in [0.25, 0.3) is 5.91 Å². The molecular weight excluding hydrogens is 433 g/mol. The zero-order chi connectivity index (χ0) is 22.3. The Bertz CT molecular complexity index is 1150. The molecule has 0 radical (unpaired) electrons. The lowest BCUT2D eigenvalue weighted by Gasteiger charge is -2.31. The number of carbonyl (C=O) groups is 1. The average molecular weight is 460 g/mol. The molecule has 0 spiro atoms. The second-order valence-electron chi connectivity index (χ2n) is 8.45. The number of aliphatic hydroxyl groups is 1. The number of piperidine rings is 1. The largest absolute Gasteiger partial charge is 0.399 e. The topological polar surface area (TPSA) is 71.5 Å². The highest BCUT2D eigenvalue weighted by Crippen LogP contribution is 2.34. The van der Waals surface area contributed by atoms with Gasteiger partial charge in [-0.3, -0.25) is 4.79 Å². The van der Waals surface area contributed by atoms with Gasteiger partial charge in [-0.25, -0.2) is 0 Å². The first kappa shape index (κ1) is 22.0. The number of nitrogens with zero attached hydrogens (tertiary/aromatic N) is 2. The molecule has 0 saturated carbocycles. The smallest absolute Gasteiger partial charge is 0.255 e. The number of nitrogens with two attached hydrogens (primary N) is 1. The minimum absolute atomic E-state index is 0.0834. The fraction of sp³-hybridized carbons (Fsp3) is 0.375. The Morgan fingerprint density at radius 2 is 1.90 bits per heavy atom. The van der Waals surface area contributed by atoms with Crippen LogP contribution in [0.25, 0.3) is 10.9 Å². The fourth-order valence-electron chi connectivity index (χ4n) is 4.46. The number of halogens is 2. The molecule has 2 heterocycles. The summed E-state index contributed by atoms with van der Waals surface area (Å²) >= 11 is 13.3. The Hall–Kier alpha value is -2.21. The van der Waals surface area contributed by atoms with Gasteiger partial charge in [0.05, 0.1) is 16.1 Å². The Kier molecular flexibility index (Phi) is 6.20. The number of amides is 1. The van der Waals surface area contributed by atoms with Crippen molar-refractivity contribution in [3.63, 3.8) is 0 Å². The minimum atomic E-state index is -0.0834. The molecule has 5 nitrogen and oxygen atoms in total. The summed E-state index contributed by atoms with van der Waals surface area (Å²) in [5, 5.41) is 11.4. The predicted molar refractivity (Wildman–Crippen MR) is 127 cm³/mol. The highest BCUT2D eigenvalue weighted by atomic mass is 35.5. The molecule has 164 valence electrons. The molecule has 0 bridgehead atoms. The van der Waals surface area contributed by atoms with Crippen molar-refractivity contribution < 1.29 is 9.90 Å². The SMILES string of the molecule is Cc1cc(N)cc2c1cc(Cc1c(Cl)ccc(C(=O)N3CCC(CO)CC3)c1Cl)n2C. The van der Waals surface area contributed by atoms with E-state index in [-0.39, 0.29) is 18.4 Å². The summed E-state index contributed by atoms with van der Waals surface area (Å²) in [6.45, 7) is 3.47. The highest BCUT2D eigenvalue weighted by molar-refractivity contribution is 6.38. The predicted octanol–water partition coefficient (Wildman–Crippen LogP) is 4.81. The van der Waals surface area contributed by atoms with Crippen molar-refractivity contribution in [3.8, 4) is 0 Å². The molecule has 3 N–H and O–H groups in total. The Morgan fingerprint density at radius 1 is 1.19 bits per heavy atom. The summed E-state index contributed by atoms with van der Waals surface area (Å²) in [6, 6.07) is 9.52. The number of benzene rings is 2. The molecule has 1 fully saturated rings. The van der Waals surface area contributed by atoms with Crippen molar-refractivity contribution in [2.75, 3.05) is 25.4 Å². The number of aryl methyl sites for hydroxylation is 2. The number of likely N-dealkylation sites (tertiary alicyclic amines) is 1. The molecule has 1 aliphatic rings. The van der Waals surface area contributed by atoms with Gasteiger partial charge in [0.1, 0.15) is 0 Å². The number of fused-ring (bicyclic) bond motifs is 1. The maximum atomic E-state index is 13.1. The van der Waals surface area contributed by atoms with Crippen LogP contribution in [0.4, 0.5) is 5.69 Å². The number of hydrogen-bond donors (Lipinski definition) is 2. The van der Waals surface area contributed by atoms with Gasteiger partial charge in [0.2, 0.25) is 0 Å². The summed E-state index contributed by atoms with van der Waals surface area (Å²) in [7, 11) is 2.00. The number of anilines is 1. The standard InChI is InChI=1S/C24H27Cl2N3O2/c1-14-9-16(27)10-22-19(14)11-17(28(22)2)12-20-21(25)4-3-18(23(20)26)24(31)29-7-5-15(13-30)6-8-29/h3-4,9-11,15,30H,5-8,12-13,27H2,1-2H3. The first-order chi connectivity index (χ1) is 14.8. The summed E-state index contributed by atoms with van der Waals surface area (Å²) in [5.41, 5.74) is 11.2. The zero-order valence-electron chi connectivity index (χ0n) is 17.8. The van der Waals surface area contributed by atoms with Gasteiger partial charge in [-0.1, -0.05) is 23.2 Å². The van der Waals surface area contributed by atoms with Crippen LogP contribution in [0.5, 0.6) is 0 Å². The molecule has 1 aliphatic heterocycles. The van der Waals surface area contributed by atoms with Crippen LogP contribution < -0.4 is 5.73 Å². The summed E-state index contributed by atoms with van der Waals surface area (Å²) in [5.74, 6) is 0.184. The number of aromatic nitrogens is 1. The zero-order valence-corrected chi connectivity index (χ0v) is 19.3. The summed E-state index contributed by atoms with van der Waals surface area (Å²) in [4.78, 5) is 15.0. The van der Waals surface area contributed by atoms with Crippen LogP contribution in [-0.2, 0) is 13.5 Å². The van der Waals surface area contributed by atoms with Crippen molar-refractivity contribution in [2.24, 2.45) is 13.0 Å². The maximum Gasteiger partial charge on any atom is 0.255 e. The van der Waals surface area contributed by atoms with E-state index in [0.29, 0.717) is 35.1 Å². The normalized spacial score (nSPS) is 15.1. The van der Waals surface area contributed by atoms with Crippen LogP contribution in [0.2, 0.25) is 10.0 Å². The second kappa shape index (κ2) is 8.73. The lowest BCUT2D eigenvalue weighted by Crippen LogP contribution is -2.39. The number of hydrogen-bond acceptors (Lipinski definition) is 3. The van der Waals surface area contributed by atoms with E-state index in [0.717, 1.165) is 46.3 Å². The first-order valence-electron chi connectivity index (χ1n) is 10.5. The molecule has 4 rings (SSSR count). The fourth-order valence-corrected chi connectivity index (χ4v) is 5.04. The average Bonchev–Trinajstić information content (AvgIpc) is 3.06. The van der Waals surface area contributed by atoms with Crippen LogP contribution in [0.1, 0.15) is 40.0 Å².